The monoisotopic (exact) mass is 391 g/mol. The molecule has 2 aliphatic carbocycles. The van der Waals surface area contributed by atoms with E-state index >= 15 is 0 Å². The lowest BCUT2D eigenvalue weighted by atomic mass is 10.3. The number of benzene rings is 1. The van der Waals surface area contributed by atoms with Crippen molar-refractivity contribution in [3.63, 3.8) is 0 Å². The number of ether oxygens (including phenoxy) is 2. The molecule has 2 saturated carbocycles. The molecule has 1 aromatic carbocycles. The molecule has 27 heavy (non-hydrogen) atoms. The van der Waals surface area contributed by atoms with Crippen LogP contribution in [-0.2, 0) is 16.6 Å². The Hall–Kier alpha value is -1.99. The summed E-state index contributed by atoms with van der Waals surface area (Å²) in [5.41, 5.74) is 0. The van der Waals surface area contributed by atoms with Crippen molar-refractivity contribution >= 4 is 10.0 Å². The summed E-state index contributed by atoms with van der Waals surface area (Å²) >= 11 is 0. The van der Waals surface area contributed by atoms with Crippen LogP contribution < -0.4 is 9.47 Å². The number of rotatable bonds is 8. The van der Waals surface area contributed by atoms with Crippen LogP contribution in [0.4, 0.5) is 0 Å². The SMILES string of the molecule is COc1ccc(OC)c(S(=O)(=O)N(Cc2ccc(C3CC3C)o2)C2CC2)c1. The highest BCUT2D eigenvalue weighted by molar-refractivity contribution is 7.89. The van der Waals surface area contributed by atoms with E-state index in [1.165, 1.54) is 24.6 Å². The van der Waals surface area contributed by atoms with Crippen molar-refractivity contribution in [2.24, 2.45) is 5.92 Å². The fourth-order valence-corrected chi connectivity index (χ4v) is 5.26. The molecule has 0 aliphatic heterocycles. The van der Waals surface area contributed by atoms with Gasteiger partial charge >= 0.3 is 0 Å². The van der Waals surface area contributed by atoms with Gasteiger partial charge in [0.2, 0.25) is 10.0 Å². The third kappa shape index (κ3) is 3.58. The highest BCUT2D eigenvalue weighted by Gasteiger charge is 2.41. The molecule has 0 radical (unpaired) electrons. The quantitative estimate of drug-likeness (QED) is 0.685. The zero-order valence-electron chi connectivity index (χ0n) is 15.8. The van der Waals surface area contributed by atoms with Gasteiger partial charge in [-0.2, -0.15) is 4.31 Å². The highest BCUT2D eigenvalue weighted by Crippen LogP contribution is 2.47. The molecule has 6 nitrogen and oxygen atoms in total. The second-order valence-corrected chi connectivity index (χ2v) is 9.28. The van der Waals surface area contributed by atoms with E-state index in [2.05, 4.69) is 6.92 Å². The van der Waals surface area contributed by atoms with E-state index in [4.69, 9.17) is 13.9 Å². The van der Waals surface area contributed by atoms with Gasteiger partial charge in [-0.15, -0.1) is 0 Å². The number of nitrogens with zero attached hydrogens (tertiary/aromatic N) is 1. The molecule has 0 N–H and O–H groups in total. The molecule has 2 aliphatic rings. The average molecular weight is 391 g/mol. The van der Waals surface area contributed by atoms with Crippen molar-refractivity contribution in [2.75, 3.05) is 14.2 Å². The van der Waals surface area contributed by atoms with Gasteiger partial charge in [0.15, 0.2) is 0 Å². The van der Waals surface area contributed by atoms with Gasteiger partial charge in [-0.05, 0) is 49.4 Å². The topological polar surface area (TPSA) is 69.0 Å². The first-order valence-electron chi connectivity index (χ1n) is 9.26. The van der Waals surface area contributed by atoms with Crippen molar-refractivity contribution < 1.29 is 22.3 Å². The predicted octanol–water partition coefficient (Wildman–Crippen LogP) is 3.77. The van der Waals surface area contributed by atoms with E-state index in [1.54, 1.807) is 12.1 Å². The minimum Gasteiger partial charge on any atom is -0.497 e. The largest absolute Gasteiger partial charge is 0.497 e. The van der Waals surface area contributed by atoms with E-state index in [1.807, 2.05) is 12.1 Å². The summed E-state index contributed by atoms with van der Waals surface area (Å²) in [5, 5.41) is 0. The summed E-state index contributed by atoms with van der Waals surface area (Å²) in [4.78, 5) is 0.124. The molecular formula is C20H25NO5S. The number of furan rings is 1. The zero-order chi connectivity index (χ0) is 19.2. The molecule has 0 spiro atoms. The van der Waals surface area contributed by atoms with Crippen molar-refractivity contribution in [1.82, 2.24) is 4.31 Å². The Kier molecular flexibility index (Phi) is 4.68. The highest BCUT2D eigenvalue weighted by atomic mass is 32.2. The molecule has 2 atom stereocenters. The molecule has 146 valence electrons. The zero-order valence-corrected chi connectivity index (χ0v) is 16.7. The second-order valence-electron chi connectivity index (χ2n) is 7.42. The van der Waals surface area contributed by atoms with Gasteiger partial charge in [-0.25, -0.2) is 8.42 Å². The average Bonchev–Trinajstić information content (AvgIpc) is 3.59. The Morgan fingerprint density at radius 2 is 1.89 bits per heavy atom. The van der Waals surface area contributed by atoms with E-state index < -0.39 is 10.0 Å². The van der Waals surface area contributed by atoms with Gasteiger partial charge in [0.05, 0.1) is 20.8 Å². The van der Waals surface area contributed by atoms with Crippen LogP contribution in [0.15, 0.2) is 39.6 Å². The van der Waals surface area contributed by atoms with Crippen molar-refractivity contribution in [2.45, 2.75) is 49.6 Å². The smallest absolute Gasteiger partial charge is 0.247 e. The first-order chi connectivity index (χ1) is 12.9. The lowest BCUT2D eigenvalue weighted by Gasteiger charge is -2.22. The first-order valence-corrected chi connectivity index (χ1v) is 10.7. The van der Waals surface area contributed by atoms with Gasteiger partial charge in [0, 0.05) is 18.0 Å². The van der Waals surface area contributed by atoms with Crippen molar-refractivity contribution in [3.8, 4) is 11.5 Å². The fraction of sp³-hybridized carbons (Fsp3) is 0.500. The normalized spacial score (nSPS) is 22.1. The van der Waals surface area contributed by atoms with E-state index in [0.717, 1.165) is 25.0 Å². The fourth-order valence-electron chi connectivity index (χ4n) is 3.44. The third-order valence-corrected chi connectivity index (χ3v) is 7.30. The molecule has 1 heterocycles. The predicted molar refractivity (Wildman–Crippen MR) is 101 cm³/mol. The lowest BCUT2D eigenvalue weighted by Crippen LogP contribution is -2.32. The lowest BCUT2D eigenvalue weighted by molar-refractivity contribution is 0.343. The number of hydrogen-bond donors (Lipinski definition) is 0. The van der Waals surface area contributed by atoms with Gasteiger partial charge in [0.25, 0.3) is 0 Å². The first kappa shape index (κ1) is 18.4. The standard InChI is InChI=1S/C20H25NO5S/c1-13-10-17(13)18-8-7-16(26-18)12-21(14-4-5-14)27(22,23)20-11-15(24-2)6-9-19(20)25-3/h6-9,11,13-14,17H,4-5,10,12H2,1-3H3. The molecule has 2 aromatic rings. The molecule has 0 amide bonds. The van der Waals surface area contributed by atoms with Crippen LogP contribution in [0.5, 0.6) is 11.5 Å². The maximum absolute atomic E-state index is 13.4. The van der Waals surface area contributed by atoms with Gasteiger partial charge < -0.3 is 13.9 Å². The van der Waals surface area contributed by atoms with Crippen LogP contribution in [-0.4, -0.2) is 33.0 Å². The Morgan fingerprint density at radius 3 is 2.48 bits per heavy atom. The maximum atomic E-state index is 13.4. The minimum atomic E-state index is -3.75. The molecule has 0 saturated heterocycles. The number of methoxy groups -OCH3 is 2. The van der Waals surface area contributed by atoms with Gasteiger partial charge in [0.1, 0.15) is 27.9 Å². The van der Waals surface area contributed by atoms with E-state index in [0.29, 0.717) is 29.1 Å². The van der Waals surface area contributed by atoms with Gasteiger partial charge in [-0.3, -0.25) is 0 Å². The van der Waals surface area contributed by atoms with Crippen molar-refractivity contribution in [3.05, 3.63) is 41.9 Å². The molecule has 1 aromatic heterocycles. The maximum Gasteiger partial charge on any atom is 0.247 e. The minimum absolute atomic E-state index is 0.000643. The Labute approximate surface area is 160 Å². The summed E-state index contributed by atoms with van der Waals surface area (Å²) in [7, 11) is -0.765. The summed E-state index contributed by atoms with van der Waals surface area (Å²) in [6.45, 7) is 2.43. The van der Waals surface area contributed by atoms with Gasteiger partial charge in [-0.1, -0.05) is 6.92 Å². The number of sulfonamides is 1. The molecule has 2 fully saturated rings. The van der Waals surface area contributed by atoms with Crippen LogP contribution in [0.3, 0.4) is 0 Å². The van der Waals surface area contributed by atoms with Crippen LogP contribution >= 0.6 is 0 Å². The molecule has 7 heteroatoms. The molecule has 2 unspecified atom stereocenters. The summed E-state index contributed by atoms with van der Waals surface area (Å²) in [6, 6.07) is 8.70. The summed E-state index contributed by atoms with van der Waals surface area (Å²) in [6.07, 6.45) is 2.86. The van der Waals surface area contributed by atoms with Crippen LogP contribution in [0.25, 0.3) is 0 Å². The Bertz CT molecular complexity index is 932. The van der Waals surface area contributed by atoms with Crippen LogP contribution in [0.2, 0.25) is 0 Å². The van der Waals surface area contributed by atoms with Crippen LogP contribution in [0, 0.1) is 5.92 Å². The Morgan fingerprint density at radius 1 is 1.15 bits per heavy atom. The summed E-state index contributed by atoms with van der Waals surface area (Å²) in [5.74, 6) is 3.56. The Balaban J connectivity index is 1.64. The molecule has 4 rings (SSSR count). The number of hydrogen-bond acceptors (Lipinski definition) is 5. The molecular weight excluding hydrogens is 366 g/mol. The second kappa shape index (κ2) is 6.87. The third-order valence-electron chi connectivity index (χ3n) is 5.38. The van der Waals surface area contributed by atoms with E-state index in [-0.39, 0.29) is 17.5 Å². The summed E-state index contributed by atoms with van der Waals surface area (Å²) < 4.78 is 44.8. The molecule has 0 bridgehead atoms. The van der Waals surface area contributed by atoms with Crippen molar-refractivity contribution in [1.29, 1.82) is 0 Å². The van der Waals surface area contributed by atoms with Crippen LogP contribution in [0.1, 0.15) is 43.6 Å². The van der Waals surface area contributed by atoms with E-state index in [9.17, 15) is 8.42 Å².